The van der Waals surface area contributed by atoms with Crippen LogP contribution in [0, 0.1) is 0 Å². The van der Waals surface area contributed by atoms with Crippen LogP contribution >= 0.6 is 0 Å². The van der Waals surface area contributed by atoms with Gasteiger partial charge in [-0.3, -0.25) is 9.59 Å². The zero-order valence-corrected chi connectivity index (χ0v) is 16.3. The molecule has 0 heterocycles. The van der Waals surface area contributed by atoms with Crippen LogP contribution in [-0.2, 0) is 4.79 Å². The SMILES string of the molecule is CCN(CC)C(=O)COc1ccc(/C(C)=N\NC(=O)c2ccccc2O)cc1. The number of hydrazone groups is 1. The quantitative estimate of drug-likeness (QED) is 0.542. The molecule has 0 aliphatic carbocycles. The highest BCUT2D eigenvalue weighted by Crippen LogP contribution is 2.16. The molecule has 0 aliphatic heterocycles. The van der Waals surface area contributed by atoms with Crippen molar-refractivity contribution in [1.29, 1.82) is 0 Å². The monoisotopic (exact) mass is 383 g/mol. The second kappa shape index (κ2) is 10.1. The van der Waals surface area contributed by atoms with Gasteiger partial charge in [0.1, 0.15) is 11.5 Å². The highest BCUT2D eigenvalue weighted by atomic mass is 16.5. The van der Waals surface area contributed by atoms with Gasteiger partial charge in [0.2, 0.25) is 0 Å². The van der Waals surface area contributed by atoms with Crippen LogP contribution in [0.3, 0.4) is 0 Å². The maximum absolute atomic E-state index is 12.1. The molecule has 2 amide bonds. The van der Waals surface area contributed by atoms with E-state index in [-0.39, 0.29) is 23.8 Å². The fraction of sp³-hybridized carbons (Fsp3) is 0.286. The first-order chi connectivity index (χ1) is 13.5. The number of nitrogens with one attached hydrogen (secondary N) is 1. The van der Waals surface area contributed by atoms with Gasteiger partial charge in [-0.25, -0.2) is 5.43 Å². The lowest BCUT2D eigenvalue weighted by molar-refractivity contribution is -0.132. The largest absolute Gasteiger partial charge is 0.507 e. The van der Waals surface area contributed by atoms with E-state index < -0.39 is 5.91 Å². The molecule has 0 aromatic heterocycles. The minimum atomic E-state index is -0.493. The molecule has 0 bridgehead atoms. The van der Waals surface area contributed by atoms with E-state index in [9.17, 15) is 14.7 Å². The van der Waals surface area contributed by atoms with Gasteiger partial charge < -0.3 is 14.7 Å². The summed E-state index contributed by atoms with van der Waals surface area (Å²) in [5, 5.41) is 13.8. The van der Waals surface area contributed by atoms with E-state index in [0.29, 0.717) is 24.6 Å². The van der Waals surface area contributed by atoms with E-state index in [1.807, 2.05) is 13.8 Å². The van der Waals surface area contributed by atoms with Crippen LogP contribution in [0.15, 0.2) is 53.6 Å². The van der Waals surface area contributed by atoms with E-state index in [2.05, 4.69) is 10.5 Å². The van der Waals surface area contributed by atoms with Gasteiger partial charge in [-0.15, -0.1) is 0 Å². The second-order valence-electron chi connectivity index (χ2n) is 6.03. The van der Waals surface area contributed by atoms with Crippen LogP contribution in [-0.4, -0.2) is 47.2 Å². The van der Waals surface area contributed by atoms with Crippen molar-refractivity contribution in [3.63, 3.8) is 0 Å². The lowest BCUT2D eigenvalue weighted by atomic mass is 10.1. The fourth-order valence-electron chi connectivity index (χ4n) is 2.53. The zero-order chi connectivity index (χ0) is 20.5. The number of phenols is 1. The summed E-state index contributed by atoms with van der Waals surface area (Å²) in [5.41, 5.74) is 3.96. The van der Waals surface area contributed by atoms with Gasteiger partial charge in [0.25, 0.3) is 11.8 Å². The molecule has 7 heteroatoms. The third-order valence-corrected chi connectivity index (χ3v) is 4.22. The topological polar surface area (TPSA) is 91.2 Å². The molecule has 0 spiro atoms. The van der Waals surface area contributed by atoms with Gasteiger partial charge in [0.15, 0.2) is 6.61 Å². The standard InChI is InChI=1S/C21H25N3O4/c1-4-24(5-2)20(26)14-28-17-12-10-16(11-13-17)15(3)22-23-21(27)18-8-6-7-9-19(18)25/h6-13,25H,4-5,14H2,1-3H3,(H,23,27)/b22-15-. The van der Waals surface area contributed by atoms with Crippen molar-refractivity contribution in [2.24, 2.45) is 5.10 Å². The Kier molecular flexibility index (Phi) is 7.56. The number of amides is 2. The van der Waals surface area contributed by atoms with E-state index in [0.717, 1.165) is 5.56 Å². The minimum Gasteiger partial charge on any atom is -0.507 e. The van der Waals surface area contributed by atoms with Gasteiger partial charge in [-0.2, -0.15) is 5.10 Å². The molecule has 0 atom stereocenters. The van der Waals surface area contributed by atoms with Crippen LogP contribution < -0.4 is 10.2 Å². The number of para-hydroxylation sites is 1. The van der Waals surface area contributed by atoms with Crippen LogP contribution in [0.4, 0.5) is 0 Å². The first-order valence-corrected chi connectivity index (χ1v) is 9.09. The maximum Gasteiger partial charge on any atom is 0.275 e. The van der Waals surface area contributed by atoms with Crippen LogP contribution in [0.2, 0.25) is 0 Å². The highest BCUT2D eigenvalue weighted by Gasteiger charge is 2.11. The number of likely N-dealkylation sites (N-methyl/N-ethyl adjacent to an activating group) is 1. The molecule has 2 N–H and O–H groups in total. The summed E-state index contributed by atoms with van der Waals surface area (Å²) >= 11 is 0. The number of rotatable bonds is 8. The summed E-state index contributed by atoms with van der Waals surface area (Å²) in [6, 6.07) is 13.3. The average molecular weight is 383 g/mol. The smallest absolute Gasteiger partial charge is 0.275 e. The number of carbonyl (C=O) groups excluding carboxylic acids is 2. The van der Waals surface area contributed by atoms with Gasteiger partial charge in [0.05, 0.1) is 11.3 Å². The third-order valence-electron chi connectivity index (χ3n) is 4.22. The molecular formula is C21H25N3O4. The van der Waals surface area contributed by atoms with Gasteiger partial charge in [-0.1, -0.05) is 12.1 Å². The second-order valence-corrected chi connectivity index (χ2v) is 6.03. The van der Waals surface area contributed by atoms with Crippen molar-refractivity contribution in [2.45, 2.75) is 20.8 Å². The molecule has 2 aromatic rings. The molecule has 0 aliphatic rings. The molecule has 2 aromatic carbocycles. The molecule has 0 radical (unpaired) electrons. The molecule has 148 valence electrons. The maximum atomic E-state index is 12.1. The number of phenolic OH excluding ortho intramolecular Hbond substituents is 1. The normalized spacial score (nSPS) is 11.0. The van der Waals surface area contributed by atoms with Crippen LogP contribution in [0.1, 0.15) is 36.7 Å². The number of aromatic hydroxyl groups is 1. The fourth-order valence-corrected chi connectivity index (χ4v) is 2.53. The number of hydrogen-bond acceptors (Lipinski definition) is 5. The molecule has 7 nitrogen and oxygen atoms in total. The predicted molar refractivity (Wildman–Crippen MR) is 108 cm³/mol. The van der Waals surface area contributed by atoms with Gasteiger partial charge in [-0.05, 0) is 62.7 Å². The third kappa shape index (κ3) is 5.57. The first kappa shape index (κ1) is 21.0. The summed E-state index contributed by atoms with van der Waals surface area (Å²) in [5.74, 6) is -0.0741. The lowest BCUT2D eigenvalue weighted by Gasteiger charge is -2.18. The minimum absolute atomic E-state index is 0.00920. The Labute approximate surface area is 164 Å². The van der Waals surface area contributed by atoms with Gasteiger partial charge in [0, 0.05) is 13.1 Å². The Hall–Kier alpha value is -3.35. The Bertz CT molecular complexity index is 843. The van der Waals surface area contributed by atoms with E-state index in [1.165, 1.54) is 12.1 Å². The summed E-state index contributed by atoms with van der Waals surface area (Å²) in [6.45, 7) is 6.90. The van der Waals surface area contributed by atoms with E-state index >= 15 is 0 Å². The lowest BCUT2D eigenvalue weighted by Crippen LogP contribution is -2.34. The summed E-state index contributed by atoms with van der Waals surface area (Å²) in [6.07, 6.45) is 0. The Morgan fingerprint density at radius 1 is 1.07 bits per heavy atom. The highest BCUT2D eigenvalue weighted by molar-refractivity contribution is 6.01. The molecule has 0 fully saturated rings. The average Bonchev–Trinajstić information content (AvgIpc) is 2.72. The number of benzene rings is 2. The Balaban J connectivity index is 1.95. The van der Waals surface area contributed by atoms with Crippen molar-refractivity contribution in [3.8, 4) is 11.5 Å². The summed E-state index contributed by atoms with van der Waals surface area (Å²) in [4.78, 5) is 25.7. The van der Waals surface area contributed by atoms with Crippen LogP contribution in [0.5, 0.6) is 11.5 Å². The number of ether oxygens (including phenoxy) is 1. The summed E-state index contributed by atoms with van der Waals surface area (Å²) < 4.78 is 5.53. The molecule has 28 heavy (non-hydrogen) atoms. The van der Waals surface area contributed by atoms with Gasteiger partial charge >= 0.3 is 0 Å². The van der Waals surface area contributed by atoms with Crippen molar-refractivity contribution in [2.75, 3.05) is 19.7 Å². The number of nitrogens with zero attached hydrogens (tertiary/aromatic N) is 2. The summed E-state index contributed by atoms with van der Waals surface area (Å²) in [7, 11) is 0. The Morgan fingerprint density at radius 2 is 1.71 bits per heavy atom. The molecular weight excluding hydrogens is 358 g/mol. The molecule has 0 saturated heterocycles. The Morgan fingerprint density at radius 3 is 2.32 bits per heavy atom. The van der Waals surface area contributed by atoms with Crippen molar-refractivity contribution in [3.05, 3.63) is 59.7 Å². The predicted octanol–water partition coefficient (Wildman–Crippen LogP) is 2.79. The van der Waals surface area contributed by atoms with E-state index in [4.69, 9.17) is 4.74 Å². The van der Waals surface area contributed by atoms with Crippen molar-refractivity contribution in [1.82, 2.24) is 10.3 Å². The number of carbonyl (C=O) groups is 2. The van der Waals surface area contributed by atoms with Crippen molar-refractivity contribution < 1.29 is 19.4 Å². The van der Waals surface area contributed by atoms with Crippen LogP contribution in [0.25, 0.3) is 0 Å². The van der Waals surface area contributed by atoms with E-state index in [1.54, 1.807) is 48.2 Å². The van der Waals surface area contributed by atoms with Crippen molar-refractivity contribution >= 4 is 17.5 Å². The molecule has 0 saturated carbocycles. The zero-order valence-electron chi connectivity index (χ0n) is 16.3. The number of hydrogen-bond donors (Lipinski definition) is 2. The molecule has 0 unspecified atom stereocenters. The molecule has 2 rings (SSSR count). The first-order valence-electron chi connectivity index (χ1n) is 9.09.